The maximum atomic E-state index is 6.01. The second-order valence-electron chi connectivity index (χ2n) is 7.00. The van der Waals surface area contributed by atoms with Gasteiger partial charge < -0.3 is 16.4 Å². The van der Waals surface area contributed by atoms with Gasteiger partial charge in [0.25, 0.3) is 0 Å². The summed E-state index contributed by atoms with van der Waals surface area (Å²) in [6, 6.07) is 12.9. The minimum atomic E-state index is 0.484. The first-order valence-corrected chi connectivity index (χ1v) is 8.42. The third-order valence-corrected chi connectivity index (χ3v) is 5.44. The highest BCUT2D eigenvalue weighted by Gasteiger charge is 2.53. The topological polar surface area (TPSA) is 68.2 Å². The van der Waals surface area contributed by atoms with Crippen molar-refractivity contribution in [2.75, 3.05) is 25.4 Å². The molecule has 2 fully saturated rings. The third kappa shape index (κ3) is 2.84. The van der Waals surface area contributed by atoms with Crippen molar-refractivity contribution in [3.63, 3.8) is 0 Å². The highest BCUT2D eigenvalue weighted by molar-refractivity contribution is 5.62. The van der Waals surface area contributed by atoms with Crippen LogP contribution in [0.5, 0.6) is 0 Å². The number of aromatic nitrogens is 1. The van der Waals surface area contributed by atoms with Crippen LogP contribution in [0.2, 0.25) is 0 Å². The van der Waals surface area contributed by atoms with E-state index in [9.17, 15) is 0 Å². The number of nitrogen functional groups attached to an aromatic ring is 1. The SMILES string of the molecule is Cc1cc(-c2cccc(N)n2)ccc1CCN1CC2C(N)C2C1. The number of aryl methyl sites for hydroxylation is 1. The largest absolute Gasteiger partial charge is 0.384 e. The predicted molar refractivity (Wildman–Crippen MR) is 93.9 cm³/mol. The zero-order chi connectivity index (χ0) is 16.0. The lowest BCUT2D eigenvalue weighted by molar-refractivity contribution is 0.301. The Balaban J connectivity index is 1.42. The Hall–Kier alpha value is -1.91. The van der Waals surface area contributed by atoms with Crippen molar-refractivity contribution in [3.8, 4) is 11.3 Å². The Morgan fingerprint density at radius 3 is 2.65 bits per heavy atom. The van der Waals surface area contributed by atoms with Gasteiger partial charge in [0.05, 0.1) is 5.69 Å². The van der Waals surface area contributed by atoms with E-state index in [4.69, 9.17) is 11.5 Å². The van der Waals surface area contributed by atoms with Crippen LogP contribution in [0.4, 0.5) is 5.82 Å². The van der Waals surface area contributed by atoms with Gasteiger partial charge in [0, 0.05) is 31.2 Å². The van der Waals surface area contributed by atoms with Gasteiger partial charge in [-0.3, -0.25) is 0 Å². The molecule has 1 saturated heterocycles. The van der Waals surface area contributed by atoms with Crippen molar-refractivity contribution >= 4 is 5.82 Å². The molecule has 1 aromatic carbocycles. The lowest BCUT2D eigenvalue weighted by Crippen LogP contribution is -2.30. The zero-order valence-corrected chi connectivity index (χ0v) is 13.6. The fourth-order valence-electron chi connectivity index (χ4n) is 3.87. The summed E-state index contributed by atoms with van der Waals surface area (Å²) in [7, 11) is 0. The maximum absolute atomic E-state index is 6.01. The van der Waals surface area contributed by atoms with E-state index in [-0.39, 0.29) is 0 Å². The van der Waals surface area contributed by atoms with Crippen LogP contribution < -0.4 is 11.5 Å². The molecule has 4 nitrogen and oxygen atoms in total. The van der Waals surface area contributed by atoms with E-state index >= 15 is 0 Å². The van der Waals surface area contributed by atoms with Gasteiger partial charge in [-0.2, -0.15) is 0 Å². The van der Waals surface area contributed by atoms with Gasteiger partial charge in [-0.1, -0.05) is 18.2 Å². The monoisotopic (exact) mass is 308 g/mol. The van der Waals surface area contributed by atoms with Gasteiger partial charge in [-0.15, -0.1) is 0 Å². The first kappa shape index (κ1) is 14.7. The van der Waals surface area contributed by atoms with Crippen LogP contribution >= 0.6 is 0 Å². The summed E-state index contributed by atoms with van der Waals surface area (Å²) in [5, 5.41) is 0. The number of piperidine rings is 1. The van der Waals surface area contributed by atoms with E-state index in [1.165, 1.54) is 24.2 Å². The van der Waals surface area contributed by atoms with Gasteiger partial charge in [0.1, 0.15) is 5.82 Å². The van der Waals surface area contributed by atoms with Gasteiger partial charge in [-0.05, 0) is 54.5 Å². The molecule has 0 radical (unpaired) electrons. The van der Waals surface area contributed by atoms with Crippen molar-refractivity contribution in [1.82, 2.24) is 9.88 Å². The van der Waals surface area contributed by atoms with Crippen molar-refractivity contribution in [3.05, 3.63) is 47.5 Å². The Kier molecular flexibility index (Phi) is 3.58. The molecule has 2 aliphatic rings. The van der Waals surface area contributed by atoms with Crippen LogP contribution in [0, 0.1) is 18.8 Å². The molecular weight excluding hydrogens is 284 g/mol. The molecule has 2 aromatic rings. The fraction of sp³-hybridized carbons (Fsp3) is 0.421. The van der Waals surface area contributed by atoms with E-state index in [1.54, 1.807) is 0 Å². The molecule has 4 N–H and O–H groups in total. The molecule has 0 bridgehead atoms. The highest BCUT2D eigenvalue weighted by Crippen LogP contribution is 2.43. The van der Waals surface area contributed by atoms with Gasteiger partial charge >= 0.3 is 0 Å². The number of benzene rings is 1. The molecule has 4 heteroatoms. The van der Waals surface area contributed by atoms with Gasteiger partial charge in [-0.25, -0.2) is 4.98 Å². The van der Waals surface area contributed by atoms with Gasteiger partial charge in [0.2, 0.25) is 0 Å². The standard InChI is InChI=1S/C19H24N4/c1-12-9-14(17-3-2-4-18(20)22-17)6-5-13(12)7-8-23-10-15-16(11-23)19(15)21/h2-6,9,15-16,19H,7-8,10-11,21H2,1H3,(H2,20,22). The number of fused-ring (bicyclic) bond motifs is 1. The van der Waals surface area contributed by atoms with E-state index < -0.39 is 0 Å². The van der Waals surface area contributed by atoms with E-state index in [0.717, 1.165) is 36.1 Å². The third-order valence-electron chi connectivity index (χ3n) is 5.44. The van der Waals surface area contributed by atoms with Crippen molar-refractivity contribution in [2.24, 2.45) is 17.6 Å². The molecule has 0 spiro atoms. The Labute approximate surface area is 137 Å². The molecule has 2 atom stereocenters. The van der Waals surface area contributed by atoms with Crippen LogP contribution in [-0.4, -0.2) is 35.6 Å². The maximum Gasteiger partial charge on any atom is 0.124 e. The second-order valence-corrected chi connectivity index (χ2v) is 7.00. The summed E-state index contributed by atoms with van der Waals surface area (Å²) in [6.07, 6.45) is 1.10. The number of likely N-dealkylation sites (tertiary alicyclic amines) is 1. The van der Waals surface area contributed by atoms with E-state index in [1.807, 2.05) is 18.2 Å². The number of rotatable bonds is 4. The molecule has 23 heavy (non-hydrogen) atoms. The summed E-state index contributed by atoms with van der Waals surface area (Å²) >= 11 is 0. The number of anilines is 1. The number of hydrogen-bond acceptors (Lipinski definition) is 4. The molecule has 2 heterocycles. The normalized spacial score (nSPS) is 26.3. The minimum absolute atomic E-state index is 0.484. The molecule has 1 aliphatic heterocycles. The average molecular weight is 308 g/mol. The summed E-state index contributed by atoms with van der Waals surface area (Å²) in [4.78, 5) is 6.96. The summed E-state index contributed by atoms with van der Waals surface area (Å²) in [5.74, 6) is 2.11. The lowest BCUT2D eigenvalue weighted by atomic mass is 10.0. The van der Waals surface area contributed by atoms with Gasteiger partial charge in [0.15, 0.2) is 0 Å². The molecule has 4 rings (SSSR count). The smallest absolute Gasteiger partial charge is 0.124 e. The van der Waals surface area contributed by atoms with Crippen LogP contribution in [-0.2, 0) is 6.42 Å². The second kappa shape index (κ2) is 5.62. The molecule has 2 unspecified atom stereocenters. The molecule has 120 valence electrons. The number of hydrogen-bond donors (Lipinski definition) is 2. The van der Waals surface area contributed by atoms with Crippen molar-refractivity contribution < 1.29 is 0 Å². The van der Waals surface area contributed by atoms with Crippen LogP contribution in [0.3, 0.4) is 0 Å². The predicted octanol–water partition coefficient (Wildman–Crippen LogP) is 2.07. The van der Waals surface area contributed by atoms with E-state index in [2.05, 4.69) is 35.0 Å². The van der Waals surface area contributed by atoms with Crippen LogP contribution in [0.1, 0.15) is 11.1 Å². The molecule has 1 aromatic heterocycles. The minimum Gasteiger partial charge on any atom is -0.384 e. The summed E-state index contributed by atoms with van der Waals surface area (Å²) in [5.41, 5.74) is 16.6. The molecule has 1 saturated carbocycles. The number of nitrogens with zero attached hydrogens (tertiary/aromatic N) is 2. The zero-order valence-electron chi connectivity index (χ0n) is 13.6. The highest BCUT2D eigenvalue weighted by atomic mass is 15.2. The van der Waals surface area contributed by atoms with Crippen molar-refractivity contribution in [1.29, 1.82) is 0 Å². The summed E-state index contributed by atoms with van der Waals surface area (Å²) < 4.78 is 0. The number of nitrogens with two attached hydrogens (primary N) is 2. The summed E-state index contributed by atoms with van der Waals surface area (Å²) in [6.45, 7) is 5.70. The lowest BCUT2D eigenvalue weighted by Gasteiger charge is -2.19. The molecule has 1 aliphatic carbocycles. The first-order chi connectivity index (χ1) is 11.1. The Bertz CT molecular complexity index is 715. The quantitative estimate of drug-likeness (QED) is 0.907. The fourth-order valence-corrected chi connectivity index (χ4v) is 3.87. The van der Waals surface area contributed by atoms with Crippen LogP contribution in [0.25, 0.3) is 11.3 Å². The average Bonchev–Trinajstić information content (AvgIpc) is 2.97. The number of pyridine rings is 1. The van der Waals surface area contributed by atoms with Crippen molar-refractivity contribution in [2.45, 2.75) is 19.4 Å². The first-order valence-electron chi connectivity index (χ1n) is 8.42. The molecule has 0 amide bonds. The van der Waals surface area contributed by atoms with E-state index in [0.29, 0.717) is 11.9 Å². The Morgan fingerprint density at radius 2 is 1.96 bits per heavy atom. The Morgan fingerprint density at radius 1 is 1.17 bits per heavy atom. The van der Waals surface area contributed by atoms with Crippen LogP contribution in [0.15, 0.2) is 36.4 Å². The molecular formula is C19H24N4.